The van der Waals surface area contributed by atoms with E-state index in [1.807, 2.05) is 0 Å². The number of rotatable bonds is 10. The highest BCUT2D eigenvalue weighted by molar-refractivity contribution is 5.66. The van der Waals surface area contributed by atoms with Crippen LogP contribution in [0.25, 0.3) is 0 Å². The molecule has 0 aromatic rings. The van der Waals surface area contributed by atoms with Crippen LogP contribution in [0.15, 0.2) is 12.2 Å². The molecule has 17 heavy (non-hydrogen) atoms. The van der Waals surface area contributed by atoms with Crippen LogP contribution in [0.5, 0.6) is 0 Å². The van der Waals surface area contributed by atoms with E-state index in [9.17, 15) is 4.79 Å². The molecule has 0 amide bonds. The SMILES string of the molecule is CCCCC[C@@H]1O[C@@H]1C/C=C\CCCC(=O)O. The molecule has 2 atom stereocenters. The Kier molecular flexibility index (Phi) is 6.94. The number of hydrogen-bond acceptors (Lipinski definition) is 2. The zero-order valence-corrected chi connectivity index (χ0v) is 10.7. The van der Waals surface area contributed by atoms with Gasteiger partial charge in [-0.3, -0.25) is 4.79 Å². The third-order valence-corrected chi connectivity index (χ3v) is 3.08. The van der Waals surface area contributed by atoms with Gasteiger partial charge in [0.05, 0.1) is 12.2 Å². The van der Waals surface area contributed by atoms with Gasteiger partial charge in [0.15, 0.2) is 0 Å². The van der Waals surface area contributed by atoms with Crippen LogP contribution in [0.4, 0.5) is 0 Å². The maximum atomic E-state index is 10.3. The molecule has 3 nitrogen and oxygen atoms in total. The molecule has 1 saturated heterocycles. The van der Waals surface area contributed by atoms with Crippen LogP contribution in [0.1, 0.15) is 58.3 Å². The first-order valence-corrected chi connectivity index (χ1v) is 6.76. The van der Waals surface area contributed by atoms with Gasteiger partial charge in [-0.15, -0.1) is 0 Å². The Labute approximate surface area is 104 Å². The van der Waals surface area contributed by atoms with Gasteiger partial charge in [0.1, 0.15) is 0 Å². The molecule has 0 radical (unpaired) electrons. The average molecular weight is 240 g/mol. The first-order valence-electron chi connectivity index (χ1n) is 6.76. The highest BCUT2D eigenvalue weighted by Gasteiger charge is 2.36. The molecule has 1 aliphatic heterocycles. The van der Waals surface area contributed by atoms with Crippen LogP contribution >= 0.6 is 0 Å². The lowest BCUT2D eigenvalue weighted by atomic mass is 10.1. The Bertz CT molecular complexity index is 248. The van der Waals surface area contributed by atoms with Gasteiger partial charge >= 0.3 is 5.97 Å². The molecule has 1 fully saturated rings. The van der Waals surface area contributed by atoms with Crippen LogP contribution < -0.4 is 0 Å². The summed E-state index contributed by atoms with van der Waals surface area (Å²) < 4.78 is 5.56. The summed E-state index contributed by atoms with van der Waals surface area (Å²) in [7, 11) is 0. The van der Waals surface area contributed by atoms with E-state index < -0.39 is 5.97 Å². The number of carboxylic acids is 1. The summed E-state index contributed by atoms with van der Waals surface area (Å²) in [5, 5.41) is 8.46. The number of hydrogen-bond donors (Lipinski definition) is 1. The number of carboxylic acid groups (broad SMARTS) is 1. The fraction of sp³-hybridized carbons (Fsp3) is 0.786. The average Bonchev–Trinajstić information content (AvgIpc) is 3.02. The predicted octanol–water partition coefficient (Wildman–Crippen LogP) is 3.54. The summed E-state index contributed by atoms with van der Waals surface area (Å²) in [4.78, 5) is 10.3. The summed E-state index contributed by atoms with van der Waals surface area (Å²) in [6.07, 6.45) is 13.0. The molecule has 1 aliphatic rings. The molecular weight excluding hydrogens is 216 g/mol. The van der Waals surface area contributed by atoms with Crippen molar-refractivity contribution in [1.29, 1.82) is 0 Å². The Hall–Kier alpha value is -0.830. The Morgan fingerprint density at radius 1 is 1.24 bits per heavy atom. The van der Waals surface area contributed by atoms with Gasteiger partial charge in [-0.25, -0.2) is 0 Å². The molecule has 0 aliphatic carbocycles. The second kappa shape index (κ2) is 8.29. The zero-order valence-electron chi connectivity index (χ0n) is 10.7. The summed E-state index contributed by atoms with van der Waals surface area (Å²) in [6, 6.07) is 0. The van der Waals surface area contributed by atoms with Crippen LogP contribution in [-0.2, 0) is 9.53 Å². The van der Waals surface area contributed by atoms with Gasteiger partial charge in [-0.1, -0.05) is 38.3 Å². The normalized spacial score (nSPS) is 23.1. The van der Waals surface area contributed by atoms with Crippen molar-refractivity contribution in [3.8, 4) is 0 Å². The molecule has 1 heterocycles. The number of allylic oxidation sites excluding steroid dienone is 1. The van der Waals surface area contributed by atoms with Crippen molar-refractivity contribution >= 4 is 5.97 Å². The highest BCUT2D eigenvalue weighted by Crippen LogP contribution is 2.30. The highest BCUT2D eigenvalue weighted by atomic mass is 16.6. The summed E-state index contributed by atoms with van der Waals surface area (Å²) in [5.41, 5.74) is 0. The van der Waals surface area contributed by atoms with Crippen molar-refractivity contribution in [2.24, 2.45) is 0 Å². The first kappa shape index (κ1) is 14.2. The molecule has 0 saturated carbocycles. The maximum absolute atomic E-state index is 10.3. The van der Waals surface area contributed by atoms with Crippen LogP contribution in [0, 0.1) is 0 Å². The topological polar surface area (TPSA) is 49.8 Å². The Morgan fingerprint density at radius 3 is 2.76 bits per heavy atom. The van der Waals surface area contributed by atoms with Gasteiger partial charge in [-0.2, -0.15) is 0 Å². The Morgan fingerprint density at radius 2 is 2.06 bits per heavy atom. The smallest absolute Gasteiger partial charge is 0.303 e. The Balaban J connectivity index is 1.90. The van der Waals surface area contributed by atoms with E-state index in [2.05, 4.69) is 19.1 Å². The lowest BCUT2D eigenvalue weighted by Gasteiger charge is -1.93. The molecule has 0 unspecified atom stereocenters. The first-order chi connectivity index (χ1) is 8.24. The largest absolute Gasteiger partial charge is 0.481 e. The molecule has 0 spiro atoms. The number of unbranched alkanes of at least 4 members (excludes halogenated alkanes) is 3. The van der Waals surface area contributed by atoms with E-state index in [4.69, 9.17) is 9.84 Å². The van der Waals surface area contributed by atoms with E-state index in [-0.39, 0.29) is 6.42 Å². The maximum Gasteiger partial charge on any atom is 0.303 e. The van der Waals surface area contributed by atoms with E-state index in [0.29, 0.717) is 12.2 Å². The number of carbonyl (C=O) groups is 1. The quantitative estimate of drug-likeness (QED) is 0.361. The number of epoxide rings is 1. The minimum atomic E-state index is -0.708. The fourth-order valence-corrected chi connectivity index (χ4v) is 1.96. The van der Waals surface area contributed by atoms with Crippen molar-refractivity contribution in [2.45, 2.75) is 70.5 Å². The molecule has 98 valence electrons. The van der Waals surface area contributed by atoms with Gasteiger partial charge < -0.3 is 9.84 Å². The third kappa shape index (κ3) is 7.16. The molecule has 0 aromatic heterocycles. The van der Waals surface area contributed by atoms with Gasteiger partial charge in [0.25, 0.3) is 0 Å². The van der Waals surface area contributed by atoms with Crippen LogP contribution in [0.3, 0.4) is 0 Å². The molecule has 1 rings (SSSR count). The second-order valence-corrected chi connectivity index (χ2v) is 4.70. The van der Waals surface area contributed by atoms with Crippen LogP contribution in [-0.4, -0.2) is 23.3 Å². The van der Waals surface area contributed by atoms with Gasteiger partial charge in [-0.05, 0) is 25.7 Å². The lowest BCUT2D eigenvalue weighted by Crippen LogP contribution is -1.93. The monoisotopic (exact) mass is 240 g/mol. The fourth-order valence-electron chi connectivity index (χ4n) is 1.96. The van der Waals surface area contributed by atoms with E-state index >= 15 is 0 Å². The van der Waals surface area contributed by atoms with Crippen molar-refractivity contribution in [1.82, 2.24) is 0 Å². The van der Waals surface area contributed by atoms with Gasteiger partial charge in [0, 0.05) is 6.42 Å². The number of ether oxygens (including phenoxy) is 1. The molecular formula is C14H24O3. The van der Waals surface area contributed by atoms with Crippen molar-refractivity contribution < 1.29 is 14.6 Å². The van der Waals surface area contributed by atoms with Crippen molar-refractivity contribution in [3.63, 3.8) is 0 Å². The summed E-state index contributed by atoms with van der Waals surface area (Å²) in [6.45, 7) is 2.21. The third-order valence-electron chi connectivity index (χ3n) is 3.08. The second-order valence-electron chi connectivity index (χ2n) is 4.70. The predicted molar refractivity (Wildman–Crippen MR) is 68.0 cm³/mol. The molecule has 0 bridgehead atoms. The van der Waals surface area contributed by atoms with Crippen LogP contribution in [0.2, 0.25) is 0 Å². The van der Waals surface area contributed by atoms with E-state index in [1.54, 1.807) is 0 Å². The van der Waals surface area contributed by atoms with E-state index in [0.717, 1.165) is 19.3 Å². The zero-order chi connectivity index (χ0) is 12.5. The number of aliphatic carboxylic acids is 1. The summed E-state index contributed by atoms with van der Waals surface area (Å²) in [5.74, 6) is -0.708. The molecule has 0 aromatic carbocycles. The minimum Gasteiger partial charge on any atom is -0.481 e. The summed E-state index contributed by atoms with van der Waals surface area (Å²) >= 11 is 0. The van der Waals surface area contributed by atoms with Crippen molar-refractivity contribution in [2.75, 3.05) is 0 Å². The van der Waals surface area contributed by atoms with E-state index in [1.165, 1.54) is 25.7 Å². The standard InChI is InChI=1S/C14H24O3/c1-2-3-6-9-12-13(17-12)10-7-4-5-8-11-14(15)16/h4,7,12-13H,2-3,5-6,8-11H2,1H3,(H,15,16)/b7-4-/t12-,13+/m0/s1. The van der Waals surface area contributed by atoms with Crippen molar-refractivity contribution in [3.05, 3.63) is 12.2 Å². The molecule has 1 N–H and O–H groups in total. The lowest BCUT2D eigenvalue weighted by molar-refractivity contribution is -0.137. The van der Waals surface area contributed by atoms with Gasteiger partial charge in [0.2, 0.25) is 0 Å². The minimum absolute atomic E-state index is 0.268. The molecule has 3 heteroatoms.